The molecule has 1 heterocycles. The first-order valence-corrected chi connectivity index (χ1v) is 4.62. The van der Waals surface area contributed by atoms with Crippen LogP contribution in [0.25, 0.3) is 0 Å². The minimum atomic E-state index is -1.10. The Bertz CT molecular complexity index is 437. The van der Waals surface area contributed by atoms with Gasteiger partial charge in [-0.3, -0.25) is 0 Å². The zero-order valence-electron chi connectivity index (χ0n) is 8.77. The van der Waals surface area contributed by atoms with Gasteiger partial charge in [0.15, 0.2) is 5.69 Å². The van der Waals surface area contributed by atoms with E-state index in [1.54, 1.807) is 13.0 Å². The Kier molecular flexibility index (Phi) is 3.86. The molecule has 1 aromatic rings. The zero-order valence-corrected chi connectivity index (χ0v) is 8.77. The highest BCUT2D eigenvalue weighted by atomic mass is 16.4. The third kappa shape index (κ3) is 2.97. The second-order valence-electron chi connectivity index (χ2n) is 3.27. The van der Waals surface area contributed by atoms with Crippen molar-refractivity contribution < 1.29 is 15.0 Å². The zero-order chi connectivity index (χ0) is 12.1. The fourth-order valence-electron chi connectivity index (χ4n) is 1.17. The number of anilines is 1. The Morgan fingerprint density at radius 2 is 2.38 bits per heavy atom. The molecule has 0 radical (unpaired) electrons. The average Bonchev–Trinajstić information content (AvgIpc) is 2.25. The lowest BCUT2D eigenvalue weighted by molar-refractivity contribution is 0.0690. The lowest BCUT2D eigenvalue weighted by Crippen LogP contribution is -2.22. The summed E-state index contributed by atoms with van der Waals surface area (Å²) < 4.78 is 0. The second kappa shape index (κ2) is 5.14. The molecule has 1 rings (SSSR count). The molecule has 0 spiro atoms. The van der Waals surface area contributed by atoms with E-state index in [1.807, 2.05) is 0 Å². The molecule has 5 heteroatoms. The van der Waals surface area contributed by atoms with Crippen molar-refractivity contribution >= 4 is 11.8 Å². The Balaban J connectivity index is 2.97. The van der Waals surface area contributed by atoms with Crippen LogP contribution in [0, 0.1) is 19.3 Å². The van der Waals surface area contributed by atoms with E-state index < -0.39 is 12.0 Å². The number of aryl methyl sites for hydroxylation is 1. The summed E-state index contributed by atoms with van der Waals surface area (Å²) in [6.45, 7) is 1.51. The van der Waals surface area contributed by atoms with Crippen molar-refractivity contribution in [3.8, 4) is 12.3 Å². The topological polar surface area (TPSA) is 82.5 Å². The summed E-state index contributed by atoms with van der Waals surface area (Å²) in [5.41, 5.74) is 0.694. The molecule has 0 saturated carbocycles. The summed E-state index contributed by atoms with van der Waals surface area (Å²) in [4.78, 5) is 14.6. The van der Waals surface area contributed by atoms with Gasteiger partial charge in [0.2, 0.25) is 0 Å². The van der Waals surface area contributed by atoms with Gasteiger partial charge in [-0.2, -0.15) is 0 Å². The Labute approximate surface area is 93.1 Å². The van der Waals surface area contributed by atoms with E-state index in [0.29, 0.717) is 5.82 Å². The highest BCUT2D eigenvalue weighted by Gasteiger charge is 2.09. The number of hydrogen-bond donors (Lipinski definition) is 3. The van der Waals surface area contributed by atoms with E-state index in [0.717, 1.165) is 5.56 Å². The fourth-order valence-corrected chi connectivity index (χ4v) is 1.17. The van der Waals surface area contributed by atoms with Crippen molar-refractivity contribution in [2.75, 3.05) is 11.9 Å². The van der Waals surface area contributed by atoms with Gasteiger partial charge in [-0.1, -0.05) is 5.92 Å². The smallest absolute Gasteiger partial charge is 0.354 e. The number of carboxylic acids is 1. The Morgan fingerprint density at radius 3 is 2.88 bits per heavy atom. The quantitative estimate of drug-likeness (QED) is 0.643. The monoisotopic (exact) mass is 220 g/mol. The third-order valence-corrected chi connectivity index (χ3v) is 1.89. The van der Waals surface area contributed by atoms with Crippen LogP contribution in [-0.4, -0.2) is 33.8 Å². The van der Waals surface area contributed by atoms with Gasteiger partial charge in [-0.05, 0) is 24.6 Å². The SMILES string of the molecule is C#CC(CO)Nc1cc(C)cc(C(=O)O)n1. The molecular weight excluding hydrogens is 208 g/mol. The minimum Gasteiger partial charge on any atom is -0.477 e. The summed E-state index contributed by atoms with van der Waals surface area (Å²) in [5.74, 6) is 1.56. The molecule has 0 saturated heterocycles. The van der Waals surface area contributed by atoms with Crippen LogP contribution in [0.5, 0.6) is 0 Å². The second-order valence-corrected chi connectivity index (χ2v) is 3.27. The van der Waals surface area contributed by atoms with Gasteiger partial charge in [-0.15, -0.1) is 6.42 Å². The van der Waals surface area contributed by atoms with Crippen molar-refractivity contribution in [3.05, 3.63) is 23.4 Å². The molecule has 1 aromatic heterocycles. The lowest BCUT2D eigenvalue weighted by atomic mass is 10.2. The van der Waals surface area contributed by atoms with Crippen LogP contribution in [0.15, 0.2) is 12.1 Å². The van der Waals surface area contributed by atoms with Crippen LogP contribution in [0.2, 0.25) is 0 Å². The van der Waals surface area contributed by atoms with E-state index in [2.05, 4.69) is 16.2 Å². The fraction of sp³-hybridized carbons (Fsp3) is 0.273. The van der Waals surface area contributed by atoms with E-state index in [9.17, 15) is 4.79 Å². The number of aliphatic hydroxyl groups is 1. The molecule has 1 unspecified atom stereocenters. The van der Waals surface area contributed by atoms with Crippen LogP contribution in [0.4, 0.5) is 5.82 Å². The van der Waals surface area contributed by atoms with Crippen LogP contribution in [0.3, 0.4) is 0 Å². The van der Waals surface area contributed by atoms with Crippen molar-refractivity contribution in [1.82, 2.24) is 4.98 Å². The maximum Gasteiger partial charge on any atom is 0.354 e. The maximum absolute atomic E-state index is 10.8. The van der Waals surface area contributed by atoms with Crippen molar-refractivity contribution in [2.45, 2.75) is 13.0 Å². The molecule has 3 N–H and O–H groups in total. The van der Waals surface area contributed by atoms with E-state index >= 15 is 0 Å². The largest absolute Gasteiger partial charge is 0.477 e. The molecule has 0 aliphatic carbocycles. The third-order valence-electron chi connectivity index (χ3n) is 1.89. The molecule has 0 aromatic carbocycles. The van der Waals surface area contributed by atoms with Crippen molar-refractivity contribution in [1.29, 1.82) is 0 Å². The number of pyridine rings is 1. The summed E-state index contributed by atoms with van der Waals surface area (Å²) >= 11 is 0. The number of nitrogens with zero attached hydrogens (tertiary/aromatic N) is 1. The van der Waals surface area contributed by atoms with Crippen LogP contribution < -0.4 is 5.32 Å². The van der Waals surface area contributed by atoms with Gasteiger partial charge < -0.3 is 15.5 Å². The lowest BCUT2D eigenvalue weighted by Gasteiger charge is -2.11. The van der Waals surface area contributed by atoms with Crippen LogP contribution >= 0.6 is 0 Å². The molecular formula is C11H12N2O3. The number of aromatic carboxylic acids is 1. The highest BCUT2D eigenvalue weighted by molar-refractivity contribution is 5.86. The van der Waals surface area contributed by atoms with Gasteiger partial charge in [0, 0.05) is 0 Å². The van der Waals surface area contributed by atoms with Gasteiger partial charge in [0.25, 0.3) is 0 Å². The number of carboxylic acid groups (broad SMARTS) is 1. The number of rotatable bonds is 4. The van der Waals surface area contributed by atoms with E-state index in [1.165, 1.54) is 6.07 Å². The van der Waals surface area contributed by atoms with Crippen LogP contribution in [-0.2, 0) is 0 Å². The molecule has 1 atom stereocenters. The van der Waals surface area contributed by atoms with Gasteiger partial charge in [0.1, 0.15) is 11.9 Å². The molecule has 0 amide bonds. The van der Waals surface area contributed by atoms with Crippen LogP contribution in [0.1, 0.15) is 16.1 Å². The first-order chi connectivity index (χ1) is 7.56. The first kappa shape index (κ1) is 12.0. The normalized spacial score (nSPS) is 11.6. The number of terminal acetylenes is 1. The average molecular weight is 220 g/mol. The first-order valence-electron chi connectivity index (χ1n) is 4.62. The van der Waals surface area contributed by atoms with Gasteiger partial charge in [-0.25, -0.2) is 9.78 Å². The number of carbonyl (C=O) groups is 1. The number of aliphatic hydroxyl groups excluding tert-OH is 1. The molecule has 0 bridgehead atoms. The van der Waals surface area contributed by atoms with Crippen molar-refractivity contribution in [2.24, 2.45) is 0 Å². The summed E-state index contributed by atoms with van der Waals surface area (Å²) in [5, 5.41) is 20.4. The Morgan fingerprint density at radius 1 is 1.69 bits per heavy atom. The molecule has 5 nitrogen and oxygen atoms in total. The number of nitrogens with one attached hydrogen (secondary N) is 1. The summed E-state index contributed by atoms with van der Waals surface area (Å²) in [6, 6.07) is 2.54. The Hall–Kier alpha value is -2.06. The number of aromatic nitrogens is 1. The van der Waals surface area contributed by atoms with Gasteiger partial charge >= 0.3 is 5.97 Å². The molecule has 84 valence electrons. The summed E-state index contributed by atoms with van der Waals surface area (Å²) in [7, 11) is 0. The van der Waals surface area contributed by atoms with E-state index in [4.69, 9.17) is 16.6 Å². The van der Waals surface area contributed by atoms with Crippen molar-refractivity contribution in [3.63, 3.8) is 0 Å². The predicted molar refractivity (Wildman–Crippen MR) is 59.3 cm³/mol. The standard InChI is InChI=1S/C11H12N2O3/c1-3-8(6-14)12-10-5-7(2)4-9(13-10)11(15)16/h1,4-5,8,14H,6H2,2H3,(H,12,13)(H,15,16). The minimum absolute atomic E-state index is 0.0591. The highest BCUT2D eigenvalue weighted by Crippen LogP contribution is 2.10. The summed E-state index contributed by atoms with van der Waals surface area (Å²) in [6.07, 6.45) is 5.15. The number of hydrogen-bond acceptors (Lipinski definition) is 4. The maximum atomic E-state index is 10.8. The molecule has 0 aliphatic heterocycles. The predicted octanol–water partition coefficient (Wildman–Crippen LogP) is 0.494. The van der Waals surface area contributed by atoms with E-state index in [-0.39, 0.29) is 12.3 Å². The molecule has 16 heavy (non-hydrogen) atoms. The van der Waals surface area contributed by atoms with Gasteiger partial charge in [0.05, 0.1) is 6.61 Å². The molecule has 0 fully saturated rings. The molecule has 0 aliphatic rings.